The lowest BCUT2D eigenvalue weighted by Gasteiger charge is -2.08. The molecule has 6 heteroatoms. The second kappa shape index (κ2) is 6.07. The van der Waals surface area contributed by atoms with Crippen LogP contribution in [-0.2, 0) is 28.6 Å². The minimum absolute atomic E-state index is 0.0937. The van der Waals surface area contributed by atoms with Gasteiger partial charge in [-0.3, -0.25) is 0 Å². The fourth-order valence-electron chi connectivity index (χ4n) is 1.58. The summed E-state index contributed by atoms with van der Waals surface area (Å²) in [7, 11) is -1.21. The van der Waals surface area contributed by atoms with Crippen molar-refractivity contribution in [1.82, 2.24) is 15.3 Å². The quantitative estimate of drug-likeness (QED) is 0.812. The molecular weight excluding hydrogens is 238 g/mol. The molecule has 1 aromatic rings. The van der Waals surface area contributed by atoms with Gasteiger partial charge in [-0.2, -0.15) is 0 Å². The maximum Gasteiger partial charge on any atom is 0.154 e. The Morgan fingerprint density at radius 1 is 1.41 bits per heavy atom. The predicted molar refractivity (Wildman–Crippen MR) is 67.3 cm³/mol. The molecule has 0 bridgehead atoms. The lowest BCUT2D eigenvalue weighted by Crippen LogP contribution is -2.13. The Morgan fingerprint density at radius 3 is 2.65 bits per heavy atom. The van der Waals surface area contributed by atoms with E-state index in [1.54, 1.807) is 6.20 Å². The Balaban J connectivity index is 3.00. The van der Waals surface area contributed by atoms with Crippen molar-refractivity contribution in [2.45, 2.75) is 32.1 Å². The molecule has 0 aliphatic carbocycles. The Hall–Kier alpha value is -1.01. The van der Waals surface area contributed by atoms with Crippen LogP contribution in [0.3, 0.4) is 0 Å². The summed E-state index contributed by atoms with van der Waals surface area (Å²) in [5.74, 6) is 0.291. The molecule has 0 saturated heterocycles. The SMILES string of the molecule is CCCc1nc(CS(C)(=O)=O)ncc1CNC. The van der Waals surface area contributed by atoms with Crippen LogP contribution in [0.2, 0.25) is 0 Å². The number of nitrogens with zero attached hydrogens (tertiary/aromatic N) is 2. The summed E-state index contributed by atoms with van der Waals surface area (Å²) in [4.78, 5) is 8.43. The van der Waals surface area contributed by atoms with Gasteiger partial charge in [0.2, 0.25) is 0 Å². The molecule has 1 N–H and O–H groups in total. The number of aryl methyl sites for hydroxylation is 1. The molecule has 0 radical (unpaired) electrons. The van der Waals surface area contributed by atoms with Gasteiger partial charge in [0.15, 0.2) is 9.84 Å². The maximum atomic E-state index is 11.2. The molecule has 0 aliphatic rings. The normalized spacial score (nSPS) is 11.7. The Kier molecular flexibility index (Phi) is 5.02. The molecule has 0 amide bonds. The number of sulfone groups is 1. The third-order valence-corrected chi connectivity index (χ3v) is 3.03. The molecule has 0 aliphatic heterocycles. The Bertz CT molecular complexity index is 472. The number of rotatable bonds is 6. The largest absolute Gasteiger partial charge is 0.316 e. The lowest BCUT2D eigenvalue weighted by atomic mass is 10.1. The van der Waals surface area contributed by atoms with Crippen molar-refractivity contribution in [2.75, 3.05) is 13.3 Å². The van der Waals surface area contributed by atoms with Gasteiger partial charge < -0.3 is 5.32 Å². The van der Waals surface area contributed by atoms with Crippen LogP contribution >= 0.6 is 0 Å². The van der Waals surface area contributed by atoms with Gasteiger partial charge >= 0.3 is 0 Å². The van der Waals surface area contributed by atoms with Crippen LogP contribution in [0.5, 0.6) is 0 Å². The Labute approximate surface area is 103 Å². The minimum Gasteiger partial charge on any atom is -0.316 e. The molecule has 0 atom stereocenters. The highest BCUT2D eigenvalue weighted by Crippen LogP contribution is 2.09. The van der Waals surface area contributed by atoms with Crippen molar-refractivity contribution in [3.8, 4) is 0 Å². The molecule has 1 aromatic heterocycles. The van der Waals surface area contributed by atoms with Crippen LogP contribution in [0.4, 0.5) is 0 Å². The minimum atomic E-state index is -3.07. The molecule has 0 spiro atoms. The monoisotopic (exact) mass is 257 g/mol. The summed E-state index contributed by atoms with van der Waals surface area (Å²) in [5.41, 5.74) is 1.97. The molecule has 17 heavy (non-hydrogen) atoms. The molecule has 96 valence electrons. The molecule has 0 saturated carbocycles. The van der Waals surface area contributed by atoms with E-state index in [4.69, 9.17) is 0 Å². The summed E-state index contributed by atoms with van der Waals surface area (Å²) in [6, 6.07) is 0. The van der Waals surface area contributed by atoms with Gasteiger partial charge in [-0.25, -0.2) is 18.4 Å². The zero-order valence-corrected chi connectivity index (χ0v) is 11.3. The fourth-order valence-corrected chi connectivity index (χ4v) is 2.19. The first-order valence-electron chi connectivity index (χ1n) is 5.62. The molecule has 1 heterocycles. The molecule has 0 fully saturated rings. The first kappa shape index (κ1) is 14.1. The zero-order chi connectivity index (χ0) is 12.9. The van der Waals surface area contributed by atoms with Crippen molar-refractivity contribution in [3.05, 3.63) is 23.3 Å². The van der Waals surface area contributed by atoms with Gasteiger partial charge in [0.25, 0.3) is 0 Å². The van der Waals surface area contributed by atoms with Crippen molar-refractivity contribution >= 4 is 9.84 Å². The first-order valence-corrected chi connectivity index (χ1v) is 7.68. The summed E-state index contributed by atoms with van der Waals surface area (Å²) in [6.45, 7) is 2.77. The Morgan fingerprint density at radius 2 is 2.12 bits per heavy atom. The topological polar surface area (TPSA) is 72.0 Å². The van der Waals surface area contributed by atoms with Gasteiger partial charge in [0.05, 0.1) is 0 Å². The molecule has 5 nitrogen and oxygen atoms in total. The smallest absolute Gasteiger partial charge is 0.154 e. The van der Waals surface area contributed by atoms with Crippen molar-refractivity contribution in [1.29, 1.82) is 0 Å². The van der Waals surface area contributed by atoms with E-state index < -0.39 is 9.84 Å². The number of aromatic nitrogens is 2. The van der Waals surface area contributed by atoms with E-state index in [2.05, 4.69) is 22.2 Å². The highest BCUT2D eigenvalue weighted by atomic mass is 32.2. The van der Waals surface area contributed by atoms with E-state index in [0.29, 0.717) is 12.4 Å². The predicted octanol–water partition coefficient (Wildman–Crippen LogP) is 0.693. The van der Waals surface area contributed by atoms with Crippen LogP contribution in [0.1, 0.15) is 30.4 Å². The van der Waals surface area contributed by atoms with Crippen LogP contribution < -0.4 is 5.32 Å². The van der Waals surface area contributed by atoms with E-state index in [9.17, 15) is 8.42 Å². The van der Waals surface area contributed by atoms with Crippen LogP contribution in [-0.4, -0.2) is 31.7 Å². The third-order valence-electron chi connectivity index (χ3n) is 2.25. The second-order valence-electron chi connectivity index (χ2n) is 4.11. The van der Waals surface area contributed by atoms with E-state index >= 15 is 0 Å². The van der Waals surface area contributed by atoms with Crippen molar-refractivity contribution < 1.29 is 8.42 Å². The summed E-state index contributed by atoms with van der Waals surface area (Å²) in [6.07, 6.45) is 4.73. The van der Waals surface area contributed by atoms with Crippen LogP contribution in [0.25, 0.3) is 0 Å². The van der Waals surface area contributed by atoms with Gasteiger partial charge in [0.1, 0.15) is 11.6 Å². The molecule has 0 unspecified atom stereocenters. The summed E-state index contributed by atoms with van der Waals surface area (Å²) in [5, 5.41) is 3.05. The summed E-state index contributed by atoms with van der Waals surface area (Å²) < 4.78 is 22.4. The van der Waals surface area contributed by atoms with E-state index in [0.717, 1.165) is 24.1 Å². The van der Waals surface area contributed by atoms with E-state index in [1.165, 1.54) is 6.26 Å². The second-order valence-corrected chi connectivity index (χ2v) is 6.25. The maximum absolute atomic E-state index is 11.2. The lowest BCUT2D eigenvalue weighted by molar-refractivity contribution is 0.599. The zero-order valence-electron chi connectivity index (χ0n) is 10.5. The third kappa shape index (κ3) is 4.79. The van der Waals surface area contributed by atoms with Gasteiger partial charge in [-0.05, 0) is 13.5 Å². The highest BCUT2D eigenvalue weighted by Gasteiger charge is 2.10. The van der Waals surface area contributed by atoms with Crippen molar-refractivity contribution in [3.63, 3.8) is 0 Å². The standard InChI is InChI=1S/C11H19N3O2S/c1-4-5-10-9(6-12-2)7-13-11(14-10)8-17(3,15)16/h7,12H,4-6,8H2,1-3H3. The first-order chi connectivity index (χ1) is 7.96. The molecule has 1 rings (SSSR count). The van der Waals surface area contributed by atoms with Gasteiger partial charge in [-0.1, -0.05) is 13.3 Å². The number of hydrogen-bond donors (Lipinski definition) is 1. The van der Waals surface area contributed by atoms with E-state index in [-0.39, 0.29) is 5.75 Å². The molecule has 0 aromatic carbocycles. The van der Waals surface area contributed by atoms with Crippen LogP contribution in [0, 0.1) is 0 Å². The summed E-state index contributed by atoms with van der Waals surface area (Å²) >= 11 is 0. The van der Waals surface area contributed by atoms with Gasteiger partial charge in [0, 0.05) is 30.3 Å². The number of hydrogen-bond acceptors (Lipinski definition) is 5. The average molecular weight is 257 g/mol. The highest BCUT2D eigenvalue weighted by molar-refractivity contribution is 7.89. The fraction of sp³-hybridized carbons (Fsp3) is 0.636. The van der Waals surface area contributed by atoms with Crippen LogP contribution in [0.15, 0.2) is 6.20 Å². The number of nitrogens with one attached hydrogen (secondary N) is 1. The molecular formula is C11H19N3O2S. The van der Waals surface area contributed by atoms with E-state index in [1.807, 2.05) is 7.05 Å². The van der Waals surface area contributed by atoms with Gasteiger partial charge in [-0.15, -0.1) is 0 Å². The average Bonchev–Trinajstić information content (AvgIpc) is 2.20. The van der Waals surface area contributed by atoms with Crippen molar-refractivity contribution in [2.24, 2.45) is 0 Å².